The molecule has 0 unspecified atom stereocenters. The number of nitrogens with zero attached hydrogens (tertiary/aromatic N) is 1. The third kappa shape index (κ3) is 7.95. The average Bonchev–Trinajstić information content (AvgIpc) is 2.91. The number of rotatable bonds is 11. The second-order valence-corrected chi connectivity index (χ2v) is 12.1. The number of fused-ring (bicyclic) bond motifs is 1. The van der Waals surface area contributed by atoms with E-state index in [-0.39, 0.29) is 5.25 Å². The van der Waals surface area contributed by atoms with E-state index < -0.39 is 17.5 Å². The molecule has 0 bridgehead atoms. The van der Waals surface area contributed by atoms with Crippen LogP contribution in [0.25, 0.3) is 23.1 Å². The highest BCUT2D eigenvalue weighted by atomic mass is 35.5. The Balaban J connectivity index is 1.56. The van der Waals surface area contributed by atoms with Crippen LogP contribution in [-0.4, -0.2) is 26.9 Å². The summed E-state index contributed by atoms with van der Waals surface area (Å²) in [5, 5.41) is 21.9. The van der Waals surface area contributed by atoms with Crippen molar-refractivity contribution in [2.45, 2.75) is 44.5 Å². The minimum absolute atomic E-state index is 0.107. The molecule has 0 fully saturated rings. The van der Waals surface area contributed by atoms with Crippen molar-refractivity contribution in [3.8, 4) is 0 Å². The van der Waals surface area contributed by atoms with E-state index in [1.165, 1.54) is 0 Å². The Morgan fingerprint density at radius 1 is 1.03 bits per heavy atom. The molecule has 1 aromatic heterocycles. The molecule has 2 atom stereocenters. The lowest BCUT2D eigenvalue weighted by atomic mass is 9.90. The van der Waals surface area contributed by atoms with Crippen LogP contribution in [-0.2, 0) is 16.8 Å². The van der Waals surface area contributed by atoms with Crippen molar-refractivity contribution in [1.82, 2.24) is 4.98 Å². The van der Waals surface area contributed by atoms with E-state index in [0.717, 1.165) is 51.7 Å². The third-order valence-corrected chi connectivity index (χ3v) is 8.56. The van der Waals surface area contributed by atoms with Crippen molar-refractivity contribution in [2.24, 2.45) is 5.92 Å². The molecule has 0 saturated heterocycles. The first-order chi connectivity index (χ1) is 18.6. The van der Waals surface area contributed by atoms with Gasteiger partial charge in [0.2, 0.25) is 0 Å². The fourth-order valence-electron chi connectivity index (χ4n) is 4.54. The molecular weight excluding hydrogens is 526 g/mol. The molecule has 4 nitrogen and oxygen atoms in total. The van der Waals surface area contributed by atoms with Crippen molar-refractivity contribution in [1.29, 1.82) is 0 Å². The molecule has 3 aromatic carbocycles. The number of hydrogen-bond donors (Lipinski definition) is 2. The molecule has 0 amide bonds. The first-order valence-corrected chi connectivity index (χ1v) is 14.5. The van der Waals surface area contributed by atoms with Crippen molar-refractivity contribution >= 4 is 52.4 Å². The zero-order valence-electron chi connectivity index (χ0n) is 22.5. The van der Waals surface area contributed by atoms with Gasteiger partial charge in [-0.15, -0.1) is 0 Å². The van der Waals surface area contributed by atoms with Crippen LogP contribution in [0.1, 0.15) is 60.4 Å². The van der Waals surface area contributed by atoms with E-state index in [2.05, 4.69) is 24.3 Å². The van der Waals surface area contributed by atoms with E-state index >= 15 is 0 Å². The van der Waals surface area contributed by atoms with Gasteiger partial charge in [0.05, 0.1) is 22.7 Å². The fourth-order valence-corrected chi connectivity index (χ4v) is 6.00. The van der Waals surface area contributed by atoms with E-state index in [9.17, 15) is 15.0 Å². The Morgan fingerprint density at radius 3 is 2.56 bits per heavy atom. The zero-order valence-corrected chi connectivity index (χ0v) is 24.0. The summed E-state index contributed by atoms with van der Waals surface area (Å²) in [6.07, 6.45) is 5.65. The lowest BCUT2D eigenvalue weighted by molar-refractivity contribution is -0.140. The summed E-state index contributed by atoms with van der Waals surface area (Å²) in [7, 11) is 0. The van der Waals surface area contributed by atoms with Crippen LogP contribution in [0.15, 0.2) is 78.9 Å². The molecular formula is C33H34ClNO3S. The van der Waals surface area contributed by atoms with Crippen LogP contribution >= 0.6 is 23.4 Å². The smallest absolute Gasteiger partial charge is 0.307 e. The van der Waals surface area contributed by atoms with E-state index in [0.29, 0.717) is 10.8 Å². The maximum Gasteiger partial charge on any atom is 0.307 e. The summed E-state index contributed by atoms with van der Waals surface area (Å²) >= 11 is 7.82. The van der Waals surface area contributed by atoms with E-state index in [1.807, 2.05) is 66.7 Å². The number of carbonyl (C=O) groups is 1. The molecule has 0 spiro atoms. The minimum Gasteiger partial charge on any atom is -0.481 e. The van der Waals surface area contributed by atoms with Gasteiger partial charge >= 0.3 is 5.97 Å². The van der Waals surface area contributed by atoms with E-state index in [4.69, 9.17) is 16.6 Å². The molecule has 0 aliphatic heterocycles. The summed E-state index contributed by atoms with van der Waals surface area (Å²) < 4.78 is 0. The Kier molecular flexibility index (Phi) is 9.49. The number of thioether (sulfide) groups is 1. The van der Waals surface area contributed by atoms with Gasteiger partial charge in [-0.05, 0) is 73.2 Å². The SMILES string of the molecule is C[C@H](CS[C@@H](CCc1ccccc1C(C)(C)O)c1cccc(/C=C/c2ccc3ccc(Cl)cc3n2)c1)C(=O)O. The van der Waals surface area contributed by atoms with Crippen LogP contribution in [0.2, 0.25) is 5.02 Å². The highest BCUT2D eigenvalue weighted by molar-refractivity contribution is 7.99. The fraction of sp³-hybridized carbons (Fsp3) is 0.273. The van der Waals surface area contributed by atoms with E-state index in [1.54, 1.807) is 32.5 Å². The van der Waals surface area contributed by atoms with Gasteiger partial charge in [-0.1, -0.05) is 85.3 Å². The first kappa shape index (κ1) is 28.9. The van der Waals surface area contributed by atoms with Gasteiger partial charge in [0.1, 0.15) is 0 Å². The molecule has 0 aliphatic carbocycles. The van der Waals surface area contributed by atoms with Gasteiger partial charge in [0, 0.05) is 21.4 Å². The van der Waals surface area contributed by atoms with Crippen molar-refractivity contribution in [2.75, 3.05) is 5.75 Å². The maximum absolute atomic E-state index is 11.5. The summed E-state index contributed by atoms with van der Waals surface area (Å²) in [4.78, 5) is 16.2. The monoisotopic (exact) mass is 559 g/mol. The second-order valence-electron chi connectivity index (χ2n) is 10.4. The largest absolute Gasteiger partial charge is 0.481 e. The Bertz CT molecular complexity index is 1480. The summed E-state index contributed by atoms with van der Waals surface area (Å²) in [6, 6.07) is 26.1. The normalized spacial score (nSPS) is 13.6. The highest BCUT2D eigenvalue weighted by Crippen LogP contribution is 2.36. The number of hydrogen-bond acceptors (Lipinski definition) is 4. The van der Waals surface area contributed by atoms with Crippen molar-refractivity contribution in [3.05, 3.63) is 112 Å². The Morgan fingerprint density at radius 2 is 1.79 bits per heavy atom. The van der Waals surface area contributed by atoms with Crippen LogP contribution in [0.5, 0.6) is 0 Å². The standard InChI is InChI=1S/C33H34ClNO3S/c1-22(32(36)37)21-39-31(18-14-24-8-4-5-10-29(24)33(2,3)38)26-9-6-7-23(19-26)11-16-28-17-13-25-12-15-27(34)20-30(25)35-28/h4-13,15-17,19-20,22,31,38H,14,18,21H2,1-3H3,(H,36,37)/b16-11+/t22-,31+/m1/s1. The average molecular weight is 560 g/mol. The lowest BCUT2D eigenvalue weighted by Crippen LogP contribution is -2.18. The van der Waals surface area contributed by atoms with Gasteiger partial charge < -0.3 is 10.2 Å². The van der Waals surface area contributed by atoms with Gasteiger partial charge in [0.25, 0.3) is 0 Å². The molecule has 4 rings (SSSR count). The molecule has 202 valence electrons. The van der Waals surface area contributed by atoms with Crippen molar-refractivity contribution < 1.29 is 15.0 Å². The molecule has 1 heterocycles. The molecule has 6 heteroatoms. The Hall–Kier alpha value is -3.12. The number of carboxylic acids is 1. The topological polar surface area (TPSA) is 70.4 Å². The van der Waals surface area contributed by atoms with Crippen molar-refractivity contribution in [3.63, 3.8) is 0 Å². The summed E-state index contributed by atoms with van der Waals surface area (Å²) in [6.45, 7) is 5.36. The third-order valence-electron chi connectivity index (χ3n) is 6.73. The number of pyridine rings is 1. The van der Waals surface area contributed by atoms with Crippen LogP contribution in [0.4, 0.5) is 0 Å². The highest BCUT2D eigenvalue weighted by Gasteiger charge is 2.22. The first-order valence-electron chi connectivity index (χ1n) is 13.1. The molecule has 4 aromatic rings. The number of benzene rings is 3. The summed E-state index contributed by atoms with van der Waals surface area (Å²) in [5.74, 6) is -0.692. The molecule has 0 radical (unpaired) electrons. The zero-order chi connectivity index (χ0) is 28.0. The Labute approximate surface area is 239 Å². The number of aryl methyl sites for hydroxylation is 1. The predicted octanol–water partition coefficient (Wildman–Crippen LogP) is 8.41. The van der Waals surface area contributed by atoms with Gasteiger partial charge in [0.15, 0.2) is 0 Å². The minimum atomic E-state index is -0.927. The molecule has 2 N–H and O–H groups in total. The number of halogens is 1. The quantitative estimate of drug-likeness (QED) is 0.193. The van der Waals surface area contributed by atoms with Gasteiger partial charge in [-0.25, -0.2) is 4.98 Å². The maximum atomic E-state index is 11.5. The molecule has 0 aliphatic rings. The van der Waals surface area contributed by atoms with Crippen LogP contribution in [0, 0.1) is 5.92 Å². The second kappa shape index (κ2) is 12.8. The van der Waals surface area contributed by atoms with Gasteiger partial charge in [-0.3, -0.25) is 4.79 Å². The number of aromatic nitrogens is 1. The lowest BCUT2D eigenvalue weighted by Gasteiger charge is -2.23. The van der Waals surface area contributed by atoms with Crippen LogP contribution in [0.3, 0.4) is 0 Å². The molecule has 39 heavy (non-hydrogen) atoms. The number of aliphatic hydroxyl groups is 1. The van der Waals surface area contributed by atoms with Crippen LogP contribution < -0.4 is 0 Å². The summed E-state index contributed by atoms with van der Waals surface area (Å²) in [5.41, 5.74) is 5.01. The molecule has 0 saturated carbocycles. The number of aliphatic carboxylic acids is 1. The number of carboxylic acid groups (broad SMARTS) is 1. The predicted molar refractivity (Wildman–Crippen MR) is 164 cm³/mol. The van der Waals surface area contributed by atoms with Gasteiger partial charge in [-0.2, -0.15) is 11.8 Å².